The van der Waals surface area contributed by atoms with Crippen LogP contribution in [0.1, 0.15) is 50.0 Å². The molecule has 28 heavy (non-hydrogen) atoms. The molecule has 0 aromatic heterocycles. The van der Waals surface area contributed by atoms with E-state index < -0.39 is 11.4 Å². The fourth-order valence-electron chi connectivity index (χ4n) is 3.80. The van der Waals surface area contributed by atoms with Crippen LogP contribution in [0.5, 0.6) is 5.75 Å². The monoisotopic (exact) mass is 383 g/mol. The number of allylic oxidation sites excluding steroid dienone is 3. The Morgan fingerprint density at radius 2 is 2.00 bits per heavy atom. The summed E-state index contributed by atoms with van der Waals surface area (Å²) in [5.41, 5.74) is 0.620. The number of hydrogen-bond acceptors (Lipinski definition) is 4. The van der Waals surface area contributed by atoms with Gasteiger partial charge in [0.2, 0.25) is 5.91 Å². The van der Waals surface area contributed by atoms with Crippen LogP contribution in [0.3, 0.4) is 0 Å². The lowest BCUT2D eigenvalue weighted by molar-refractivity contribution is -0.145. The lowest BCUT2D eigenvalue weighted by Crippen LogP contribution is -2.53. The molecule has 1 amide bonds. The van der Waals surface area contributed by atoms with Gasteiger partial charge in [-0.25, -0.2) is 4.79 Å². The van der Waals surface area contributed by atoms with Crippen LogP contribution in [0.4, 0.5) is 0 Å². The van der Waals surface area contributed by atoms with E-state index in [4.69, 9.17) is 9.47 Å². The van der Waals surface area contributed by atoms with E-state index >= 15 is 0 Å². The predicted octanol–water partition coefficient (Wildman–Crippen LogP) is 4.13. The van der Waals surface area contributed by atoms with Crippen molar-refractivity contribution >= 4 is 11.9 Å². The predicted molar refractivity (Wildman–Crippen MR) is 108 cm³/mol. The van der Waals surface area contributed by atoms with E-state index in [-0.39, 0.29) is 17.4 Å². The van der Waals surface area contributed by atoms with E-state index in [0.717, 1.165) is 12.0 Å². The van der Waals surface area contributed by atoms with Gasteiger partial charge in [-0.3, -0.25) is 4.79 Å². The SMILES string of the molecule is COC(=O)c1ccc2c(c1)OC[C@H](C1(C)C=CC=CC1)N(C(=O)C(C)(C)C)C2. The fraction of sp³-hybridized carbons (Fsp3) is 0.478. The molecule has 150 valence electrons. The third-order valence-corrected chi connectivity index (χ3v) is 5.55. The Balaban J connectivity index is 2.01. The normalized spacial score (nSPS) is 24.2. The zero-order chi connectivity index (χ0) is 20.5. The van der Waals surface area contributed by atoms with E-state index in [1.54, 1.807) is 12.1 Å². The standard InChI is InChI=1S/C23H29NO4/c1-22(2,3)21(26)24-14-17-10-9-16(20(25)27-5)13-18(17)28-15-19(24)23(4)11-7-6-8-12-23/h6-11,13,19H,12,14-15H2,1-5H3/t19-,23?/m1/s1. The second kappa shape index (κ2) is 7.46. The number of hydrogen-bond donors (Lipinski definition) is 0. The summed E-state index contributed by atoms with van der Waals surface area (Å²) in [4.78, 5) is 27.2. The quantitative estimate of drug-likeness (QED) is 0.721. The van der Waals surface area contributed by atoms with Gasteiger partial charge in [-0.15, -0.1) is 0 Å². The first kappa shape index (κ1) is 20.2. The van der Waals surface area contributed by atoms with Gasteiger partial charge in [-0.1, -0.05) is 58.1 Å². The van der Waals surface area contributed by atoms with Crippen molar-refractivity contribution in [1.29, 1.82) is 0 Å². The zero-order valence-corrected chi connectivity index (χ0v) is 17.3. The Morgan fingerprint density at radius 1 is 1.25 bits per heavy atom. The third-order valence-electron chi connectivity index (χ3n) is 5.55. The largest absolute Gasteiger partial charge is 0.491 e. The average Bonchev–Trinajstić information content (AvgIpc) is 2.86. The van der Waals surface area contributed by atoms with Crippen LogP contribution in [0.15, 0.2) is 42.5 Å². The number of carbonyl (C=O) groups is 2. The van der Waals surface area contributed by atoms with Crippen LogP contribution in [0.2, 0.25) is 0 Å². The molecule has 0 saturated carbocycles. The van der Waals surface area contributed by atoms with Gasteiger partial charge >= 0.3 is 5.97 Å². The molecule has 5 nitrogen and oxygen atoms in total. The Morgan fingerprint density at radius 3 is 2.61 bits per heavy atom. The Hall–Kier alpha value is -2.56. The minimum absolute atomic E-state index is 0.0928. The van der Waals surface area contributed by atoms with Crippen molar-refractivity contribution in [2.24, 2.45) is 10.8 Å². The minimum atomic E-state index is -0.501. The van der Waals surface area contributed by atoms with Gasteiger partial charge in [-0.2, -0.15) is 0 Å². The molecule has 0 spiro atoms. The van der Waals surface area contributed by atoms with E-state index in [2.05, 4.69) is 19.1 Å². The van der Waals surface area contributed by atoms with Crippen molar-refractivity contribution in [2.75, 3.05) is 13.7 Å². The van der Waals surface area contributed by atoms with Gasteiger partial charge < -0.3 is 14.4 Å². The van der Waals surface area contributed by atoms with Gasteiger partial charge in [0.25, 0.3) is 0 Å². The lowest BCUT2D eigenvalue weighted by Gasteiger charge is -2.43. The molecule has 1 aliphatic heterocycles. The number of ether oxygens (including phenoxy) is 2. The molecule has 0 saturated heterocycles. The maximum atomic E-state index is 13.4. The van der Waals surface area contributed by atoms with Crippen LogP contribution in [-0.4, -0.2) is 36.5 Å². The smallest absolute Gasteiger partial charge is 0.337 e. The molecule has 2 atom stereocenters. The van der Waals surface area contributed by atoms with Gasteiger partial charge in [0.05, 0.1) is 18.7 Å². The van der Waals surface area contributed by atoms with Gasteiger partial charge in [0.15, 0.2) is 0 Å². The summed E-state index contributed by atoms with van der Waals surface area (Å²) >= 11 is 0. The summed E-state index contributed by atoms with van der Waals surface area (Å²) in [7, 11) is 1.36. The molecule has 1 unspecified atom stereocenters. The molecule has 2 aliphatic rings. The zero-order valence-electron chi connectivity index (χ0n) is 17.3. The van der Waals surface area contributed by atoms with Crippen LogP contribution in [0.25, 0.3) is 0 Å². The Kier molecular flexibility index (Phi) is 5.37. The van der Waals surface area contributed by atoms with E-state index in [1.165, 1.54) is 7.11 Å². The highest BCUT2D eigenvalue weighted by Crippen LogP contribution is 2.39. The van der Waals surface area contributed by atoms with Crippen molar-refractivity contribution < 1.29 is 19.1 Å². The molecular formula is C23H29NO4. The van der Waals surface area contributed by atoms with Crippen molar-refractivity contribution in [1.82, 2.24) is 4.90 Å². The molecule has 1 aliphatic carbocycles. The summed E-state index contributed by atoms with van der Waals surface area (Å²) < 4.78 is 11.0. The second-order valence-electron chi connectivity index (χ2n) is 8.82. The highest BCUT2D eigenvalue weighted by Gasteiger charge is 2.43. The molecule has 0 N–H and O–H groups in total. The molecule has 1 aromatic rings. The first-order valence-corrected chi connectivity index (χ1v) is 9.65. The molecule has 5 heteroatoms. The maximum absolute atomic E-state index is 13.4. The van der Waals surface area contributed by atoms with Crippen LogP contribution >= 0.6 is 0 Å². The van der Waals surface area contributed by atoms with Crippen LogP contribution in [0, 0.1) is 10.8 Å². The van der Waals surface area contributed by atoms with Crippen LogP contribution < -0.4 is 4.74 Å². The summed E-state index contributed by atoms with van der Waals surface area (Å²) in [5.74, 6) is 0.327. The number of fused-ring (bicyclic) bond motifs is 1. The van der Waals surface area contributed by atoms with E-state index in [9.17, 15) is 9.59 Å². The first-order chi connectivity index (χ1) is 13.2. The number of amides is 1. The number of rotatable bonds is 2. The van der Waals surface area contributed by atoms with Gasteiger partial charge in [0, 0.05) is 22.9 Å². The number of esters is 1. The van der Waals surface area contributed by atoms with E-state index in [1.807, 2.05) is 43.9 Å². The highest BCUT2D eigenvalue weighted by molar-refractivity contribution is 5.90. The van der Waals surface area contributed by atoms with Crippen LogP contribution in [-0.2, 0) is 16.1 Å². The fourth-order valence-corrected chi connectivity index (χ4v) is 3.80. The number of nitrogens with zero attached hydrogens (tertiary/aromatic N) is 1. The molecular weight excluding hydrogens is 354 g/mol. The summed E-state index contributed by atoms with van der Waals surface area (Å²) in [6, 6.07) is 5.17. The average molecular weight is 383 g/mol. The molecule has 1 heterocycles. The number of carbonyl (C=O) groups excluding carboxylic acids is 2. The molecule has 0 fully saturated rings. The molecule has 1 aromatic carbocycles. The summed E-state index contributed by atoms with van der Waals surface area (Å²) in [6.07, 6.45) is 9.21. The first-order valence-electron chi connectivity index (χ1n) is 9.65. The lowest BCUT2D eigenvalue weighted by atomic mass is 9.75. The number of benzene rings is 1. The van der Waals surface area contributed by atoms with Crippen molar-refractivity contribution in [3.05, 3.63) is 53.6 Å². The van der Waals surface area contributed by atoms with Crippen molar-refractivity contribution in [3.8, 4) is 5.75 Å². The summed E-state index contributed by atoms with van der Waals surface area (Å²) in [5, 5.41) is 0. The second-order valence-corrected chi connectivity index (χ2v) is 8.82. The third kappa shape index (κ3) is 3.84. The van der Waals surface area contributed by atoms with Gasteiger partial charge in [0.1, 0.15) is 12.4 Å². The Labute approximate surface area is 167 Å². The number of methoxy groups -OCH3 is 1. The van der Waals surface area contributed by atoms with E-state index in [0.29, 0.717) is 24.5 Å². The van der Waals surface area contributed by atoms with Gasteiger partial charge in [-0.05, 0) is 18.6 Å². The van der Waals surface area contributed by atoms with Crippen molar-refractivity contribution in [3.63, 3.8) is 0 Å². The maximum Gasteiger partial charge on any atom is 0.337 e. The molecule has 0 bridgehead atoms. The summed E-state index contributed by atoms with van der Waals surface area (Å²) in [6.45, 7) is 8.81. The molecule has 0 radical (unpaired) electrons. The highest BCUT2D eigenvalue weighted by atomic mass is 16.5. The minimum Gasteiger partial charge on any atom is -0.491 e. The topological polar surface area (TPSA) is 55.8 Å². The molecule has 3 rings (SSSR count). The van der Waals surface area contributed by atoms with Crippen molar-refractivity contribution in [2.45, 2.75) is 46.7 Å². The Bertz CT molecular complexity index is 833.